The van der Waals surface area contributed by atoms with Gasteiger partial charge >= 0.3 is 5.97 Å². The average molecular weight is 267 g/mol. The van der Waals surface area contributed by atoms with E-state index in [-0.39, 0.29) is 0 Å². The van der Waals surface area contributed by atoms with Crippen LogP contribution in [0.25, 0.3) is 0 Å². The Morgan fingerprint density at radius 3 is 3.00 bits per heavy atom. The number of anilines is 1. The molecule has 6 heteroatoms. The van der Waals surface area contributed by atoms with Crippen LogP contribution in [0.4, 0.5) is 5.13 Å². The Kier molecular flexibility index (Phi) is 2.99. The molecular formula is C12H17N3O2S. The minimum Gasteiger partial charge on any atom is -0.477 e. The van der Waals surface area contributed by atoms with Crippen molar-refractivity contribution in [1.82, 2.24) is 9.88 Å². The summed E-state index contributed by atoms with van der Waals surface area (Å²) in [6.07, 6.45) is 2.54. The number of hydrogen-bond donors (Lipinski definition) is 1. The van der Waals surface area contributed by atoms with Gasteiger partial charge in [0.05, 0.1) is 5.69 Å². The summed E-state index contributed by atoms with van der Waals surface area (Å²) in [5.74, 6) is -0.865. The number of carboxylic acids is 1. The van der Waals surface area contributed by atoms with Crippen molar-refractivity contribution in [2.75, 3.05) is 31.1 Å². The zero-order valence-electron chi connectivity index (χ0n) is 10.4. The van der Waals surface area contributed by atoms with E-state index in [1.807, 2.05) is 0 Å². The maximum Gasteiger partial charge on any atom is 0.347 e. The molecule has 3 heterocycles. The summed E-state index contributed by atoms with van der Waals surface area (Å²) in [4.78, 5) is 20.6. The molecule has 3 rings (SSSR count). The topological polar surface area (TPSA) is 56.7 Å². The molecule has 0 saturated carbocycles. The third kappa shape index (κ3) is 1.99. The first-order valence-electron chi connectivity index (χ1n) is 6.35. The first-order valence-corrected chi connectivity index (χ1v) is 7.16. The Morgan fingerprint density at radius 1 is 1.44 bits per heavy atom. The van der Waals surface area contributed by atoms with Crippen LogP contribution in [0.1, 0.15) is 28.2 Å². The highest BCUT2D eigenvalue weighted by atomic mass is 32.1. The SMILES string of the molecule is Cc1nc(N2CCN3CCCC3C2)sc1C(=O)O. The molecule has 1 aromatic heterocycles. The highest BCUT2D eigenvalue weighted by molar-refractivity contribution is 7.17. The van der Waals surface area contributed by atoms with Gasteiger partial charge in [-0.3, -0.25) is 4.90 Å². The Bertz CT molecular complexity index is 474. The van der Waals surface area contributed by atoms with Gasteiger partial charge in [0.15, 0.2) is 5.13 Å². The summed E-state index contributed by atoms with van der Waals surface area (Å²) in [6, 6.07) is 0.635. The van der Waals surface area contributed by atoms with Gasteiger partial charge in [-0.05, 0) is 26.3 Å². The molecule has 1 atom stereocenters. The van der Waals surface area contributed by atoms with Crippen LogP contribution in [0.15, 0.2) is 0 Å². The molecule has 0 spiro atoms. The lowest BCUT2D eigenvalue weighted by atomic mass is 10.2. The number of piperazine rings is 1. The molecule has 5 nitrogen and oxygen atoms in total. The lowest BCUT2D eigenvalue weighted by Gasteiger charge is -2.37. The van der Waals surface area contributed by atoms with Gasteiger partial charge in [0.25, 0.3) is 0 Å². The van der Waals surface area contributed by atoms with Crippen molar-refractivity contribution in [3.63, 3.8) is 0 Å². The maximum absolute atomic E-state index is 11.0. The molecule has 2 fully saturated rings. The summed E-state index contributed by atoms with van der Waals surface area (Å²) in [6.45, 7) is 6.02. The molecule has 1 N–H and O–H groups in total. The zero-order valence-corrected chi connectivity index (χ0v) is 11.2. The van der Waals surface area contributed by atoms with Crippen LogP contribution in [-0.2, 0) is 0 Å². The summed E-state index contributed by atoms with van der Waals surface area (Å²) < 4.78 is 0. The normalized spacial score (nSPS) is 24.3. The van der Waals surface area contributed by atoms with Crippen LogP contribution in [0.2, 0.25) is 0 Å². The lowest BCUT2D eigenvalue weighted by Crippen LogP contribution is -2.50. The van der Waals surface area contributed by atoms with Crippen molar-refractivity contribution in [2.24, 2.45) is 0 Å². The van der Waals surface area contributed by atoms with E-state index >= 15 is 0 Å². The van der Waals surface area contributed by atoms with E-state index in [1.165, 1.54) is 30.7 Å². The van der Waals surface area contributed by atoms with E-state index < -0.39 is 5.97 Å². The van der Waals surface area contributed by atoms with Gasteiger partial charge in [-0.2, -0.15) is 0 Å². The quantitative estimate of drug-likeness (QED) is 0.878. The lowest BCUT2D eigenvalue weighted by molar-refractivity contribution is 0.0701. The molecule has 0 aliphatic carbocycles. The summed E-state index contributed by atoms with van der Waals surface area (Å²) in [5.41, 5.74) is 0.636. The first-order chi connectivity index (χ1) is 8.65. The number of fused-ring (bicyclic) bond motifs is 1. The van der Waals surface area contributed by atoms with Crippen molar-refractivity contribution in [2.45, 2.75) is 25.8 Å². The third-order valence-electron chi connectivity index (χ3n) is 3.84. The standard InChI is InChI=1S/C12H17N3O2S/c1-8-10(11(16)17)18-12(13-8)15-6-5-14-4-2-3-9(14)7-15/h9H,2-7H2,1H3,(H,16,17). The molecule has 0 amide bonds. The summed E-state index contributed by atoms with van der Waals surface area (Å²) in [5, 5.41) is 9.94. The molecule has 98 valence electrons. The fourth-order valence-corrected chi connectivity index (χ4v) is 3.82. The van der Waals surface area contributed by atoms with Crippen molar-refractivity contribution in [3.05, 3.63) is 10.6 Å². The van der Waals surface area contributed by atoms with Crippen molar-refractivity contribution in [3.8, 4) is 0 Å². The minimum atomic E-state index is -0.865. The largest absolute Gasteiger partial charge is 0.477 e. The number of aryl methyl sites for hydroxylation is 1. The molecule has 2 aliphatic rings. The highest BCUT2D eigenvalue weighted by Gasteiger charge is 2.32. The van der Waals surface area contributed by atoms with E-state index in [2.05, 4.69) is 14.8 Å². The molecule has 18 heavy (non-hydrogen) atoms. The number of carbonyl (C=O) groups is 1. The molecule has 0 aromatic carbocycles. The molecule has 2 saturated heterocycles. The van der Waals surface area contributed by atoms with E-state index in [9.17, 15) is 4.79 Å². The van der Waals surface area contributed by atoms with Gasteiger partial charge in [-0.15, -0.1) is 0 Å². The van der Waals surface area contributed by atoms with Crippen LogP contribution in [0, 0.1) is 6.92 Å². The molecule has 0 radical (unpaired) electrons. The Hall–Kier alpha value is -1.14. The summed E-state index contributed by atoms with van der Waals surface area (Å²) in [7, 11) is 0. The van der Waals surface area contributed by atoms with Crippen molar-refractivity contribution >= 4 is 22.4 Å². The van der Waals surface area contributed by atoms with Crippen LogP contribution >= 0.6 is 11.3 Å². The second kappa shape index (κ2) is 4.51. The molecule has 0 bridgehead atoms. The first kappa shape index (κ1) is 11.9. The fraction of sp³-hybridized carbons (Fsp3) is 0.667. The van der Waals surface area contributed by atoms with Gasteiger partial charge in [-0.25, -0.2) is 9.78 Å². The minimum absolute atomic E-state index is 0.374. The zero-order chi connectivity index (χ0) is 12.7. The van der Waals surface area contributed by atoms with Gasteiger partial charge < -0.3 is 10.0 Å². The van der Waals surface area contributed by atoms with Gasteiger partial charge in [-0.1, -0.05) is 11.3 Å². The van der Waals surface area contributed by atoms with E-state index in [0.717, 1.165) is 24.8 Å². The second-order valence-corrected chi connectivity index (χ2v) is 5.97. The smallest absolute Gasteiger partial charge is 0.347 e. The van der Waals surface area contributed by atoms with Gasteiger partial charge in [0.1, 0.15) is 4.88 Å². The fourth-order valence-electron chi connectivity index (χ4n) is 2.88. The number of aromatic nitrogens is 1. The summed E-state index contributed by atoms with van der Waals surface area (Å²) >= 11 is 1.31. The third-order valence-corrected chi connectivity index (χ3v) is 5.04. The number of carboxylic acid groups (broad SMARTS) is 1. The second-order valence-electron chi connectivity index (χ2n) is 4.99. The van der Waals surface area contributed by atoms with Crippen LogP contribution in [0.5, 0.6) is 0 Å². The molecule has 1 aromatic rings. The van der Waals surface area contributed by atoms with Gasteiger partial charge in [0, 0.05) is 25.7 Å². The van der Waals surface area contributed by atoms with E-state index in [4.69, 9.17) is 5.11 Å². The molecule has 2 aliphatic heterocycles. The Morgan fingerprint density at radius 2 is 2.28 bits per heavy atom. The Balaban J connectivity index is 1.78. The van der Waals surface area contributed by atoms with Crippen LogP contribution in [0.3, 0.4) is 0 Å². The number of nitrogens with zero attached hydrogens (tertiary/aromatic N) is 3. The van der Waals surface area contributed by atoms with E-state index in [0.29, 0.717) is 16.6 Å². The maximum atomic E-state index is 11.0. The van der Waals surface area contributed by atoms with Crippen LogP contribution in [-0.4, -0.2) is 53.2 Å². The monoisotopic (exact) mass is 267 g/mol. The Labute approximate surface area is 110 Å². The highest BCUT2D eigenvalue weighted by Crippen LogP contribution is 2.30. The van der Waals surface area contributed by atoms with Crippen molar-refractivity contribution in [1.29, 1.82) is 0 Å². The van der Waals surface area contributed by atoms with Crippen molar-refractivity contribution < 1.29 is 9.90 Å². The van der Waals surface area contributed by atoms with E-state index in [1.54, 1.807) is 6.92 Å². The van der Waals surface area contributed by atoms with Gasteiger partial charge in [0.2, 0.25) is 0 Å². The number of aromatic carboxylic acids is 1. The number of rotatable bonds is 2. The van der Waals surface area contributed by atoms with Crippen LogP contribution < -0.4 is 4.90 Å². The number of thiazole rings is 1. The molecule has 1 unspecified atom stereocenters. The number of hydrogen-bond acceptors (Lipinski definition) is 5. The predicted molar refractivity (Wildman–Crippen MR) is 70.6 cm³/mol. The predicted octanol–water partition coefficient (Wildman–Crippen LogP) is 1.43. The molecular weight excluding hydrogens is 250 g/mol. The average Bonchev–Trinajstić information content (AvgIpc) is 2.93.